The maximum absolute atomic E-state index is 13.9. The Morgan fingerprint density at radius 1 is 0.920 bits per heavy atom. The SMILES string of the molecule is Fc1cnc(OCc2ccc(Cl)cc2)nc1NCc1ccc(Cl)cc1. The van der Waals surface area contributed by atoms with Crippen LogP contribution in [0.15, 0.2) is 54.7 Å². The number of nitrogens with one attached hydrogen (secondary N) is 1. The molecule has 4 nitrogen and oxygen atoms in total. The summed E-state index contributed by atoms with van der Waals surface area (Å²) in [6, 6.07) is 14.6. The number of hydrogen-bond acceptors (Lipinski definition) is 4. The Morgan fingerprint density at radius 2 is 1.52 bits per heavy atom. The van der Waals surface area contributed by atoms with Crippen LogP contribution in [0.25, 0.3) is 0 Å². The molecule has 0 spiro atoms. The van der Waals surface area contributed by atoms with E-state index in [1.807, 2.05) is 24.3 Å². The summed E-state index contributed by atoms with van der Waals surface area (Å²) in [4.78, 5) is 7.91. The Labute approximate surface area is 154 Å². The van der Waals surface area contributed by atoms with Gasteiger partial charge in [-0.15, -0.1) is 0 Å². The van der Waals surface area contributed by atoms with Gasteiger partial charge in [-0.2, -0.15) is 4.98 Å². The van der Waals surface area contributed by atoms with Crippen LogP contribution < -0.4 is 10.1 Å². The van der Waals surface area contributed by atoms with Gasteiger partial charge in [0.15, 0.2) is 11.6 Å². The third kappa shape index (κ3) is 5.05. The lowest BCUT2D eigenvalue weighted by molar-refractivity contribution is 0.280. The van der Waals surface area contributed by atoms with Crippen LogP contribution in [-0.4, -0.2) is 9.97 Å². The number of rotatable bonds is 6. The van der Waals surface area contributed by atoms with E-state index < -0.39 is 5.82 Å². The number of benzene rings is 2. The predicted octanol–water partition coefficient (Wildman–Crippen LogP) is 5.11. The normalized spacial score (nSPS) is 10.5. The zero-order valence-electron chi connectivity index (χ0n) is 13.0. The van der Waals surface area contributed by atoms with E-state index in [1.165, 1.54) is 0 Å². The number of anilines is 1. The van der Waals surface area contributed by atoms with E-state index in [-0.39, 0.29) is 18.4 Å². The molecule has 0 aliphatic carbocycles. The minimum atomic E-state index is -0.548. The lowest BCUT2D eigenvalue weighted by Gasteiger charge is -2.09. The van der Waals surface area contributed by atoms with Crippen LogP contribution in [0.4, 0.5) is 10.2 Å². The molecule has 0 amide bonds. The highest BCUT2D eigenvalue weighted by Crippen LogP contribution is 2.17. The molecule has 25 heavy (non-hydrogen) atoms. The van der Waals surface area contributed by atoms with Crippen molar-refractivity contribution in [2.75, 3.05) is 5.32 Å². The van der Waals surface area contributed by atoms with Crippen LogP contribution in [0.3, 0.4) is 0 Å². The van der Waals surface area contributed by atoms with Gasteiger partial charge in [0, 0.05) is 16.6 Å². The molecule has 3 rings (SSSR count). The first-order chi connectivity index (χ1) is 12.1. The molecule has 0 saturated heterocycles. The summed E-state index contributed by atoms with van der Waals surface area (Å²) in [7, 11) is 0. The largest absolute Gasteiger partial charge is 0.459 e. The number of ether oxygens (including phenoxy) is 1. The number of hydrogen-bond donors (Lipinski definition) is 1. The highest BCUT2D eigenvalue weighted by molar-refractivity contribution is 6.30. The maximum Gasteiger partial charge on any atom is 0.318 e. The number of aromatic nitrogens is 2. The van der Waals surface area contributed by atoms with Crippen molar-refractivity contribution < 1.29 is 9.13 Å². The molecule has 0 aliphatic heterocycles. The van der Waals surface area contributed by atoms with Gasteiger partial charge < -0.3 is 10.1 Å². The quantitative estimate of drug-likeness (QED) is 0.647. The summed E-state index contributed by atoms with van der Waals surface area (Å²) in [5.41, 5.74) is 1.86. The predicted molar refractivity (Wildman–Crippen MR) is 96.6 cm³/mol. The molecule has 0 bridgehead atoms. The molecule has 3 aromatic rings. The Kier molecular flexibility index (Phi) is 5.68. The fourth-order valence-electron chi connectivity index (χ4n) is 2.06. The molecule has 0 unspecified atom stereocenters. The van der Waals surface area contributed by atoms with E-state index in [0.29, 0.717) is 16.6 Å². The third-order valence-corrected chi connectivity index (χ3v) is 3.88. The average Bonchev–Trinajstić information content (AvgIpc) is 2.62. The van der Waals surface area contributed by atoms with Crippen molar-refractivity contribution in [3.05, 3.63) is 81.7 Å². The summed E-state index contributed by atoms with van der Waals surface area (Å²) >= 11 is 11.7. The summed E-state index contributed by atoms with van der Waals surface area (Å²) in [5, 5.41) is 4.22. The van der Waals surface area contributed by atoms with E-state index in [1.54, 1.807) is 24.3 Å². The summed E-state index contributed by atoms with van der Waals surface area (Å²) < 4.78 is 19.4. The standard InChI is InChI=1S/C18H14Cl2FN3O/c19-14-5-1-12(2-6-14)9-22-17-16(21)10-23-18(24-17)25-11-13-3-7-15(20)8-4-13/h1-8,10H,9,11H2,(H,22,23,24). The van der Waals surface area contributed by atoms with Crippen LogP contribution in [-0.2, 0) is 13.2 Å². The van der Waals surface area contributed by atoms with Crippen molar-refractivity contribution in [3.63, 3.8) is 0 Å². The second-order valence-electron chi connectivity index (χ2n) is 5.24. The Balaban J connectivity index is 1.63. The molecule has 0 radical (unpaired) electrons. The van der Waals surface area contributed by atoms with E-state index in [4.69, 9.17) is 27.9 Å². The van der Waals surface area contributed by atoms with Crippen LogP contribution in [0.5, 0.6) is 6.01 Å². The van der Waals surface area contributed by atoms with Gasteiger partial charge >= 0.3 is 6.01 Å². The highest BCUT2D eigenvalue weighted by Gasteiger charge is 2.08. The van der Waals surface area contributed by atoms with Gasteiger partial charge in [-0.05, 0) is 35.4 Å². The monoisotopic (exact) mass is 377 g/mol. The summed E-state index contributed by atoms with van der Waals surface area (Å²) in [6.45, 7) is 0.668. The Bertz CT molecular complexity index is 842. The van der Waals surface area contributed by atoms with Crippen molar-refractivity contribution in [2.24, 2.45) is 0 Å². The first-order valence-corrected chi connectivity index (χ1v) is 8.24. The number of nitrogens with zero attached hydrogens (tertiary/aromatic N) is 2. The lowest BCUT2D eigenvalue weighted by Crippen LogP contribution is -2.07. The third-order valence-electron chi connectivity index (χ3n) is 3.38. The zero-order chi connectivity index (χ0) is 17.6. The van der Waals surface area contributed by atoms with Gasteiger partial charge in [0.1, 0.15) is 6.61 Å². The van der Waals surface area contributed by atoms with Crippen LogP contribution in [0, 0.1) is 5.82 Å². The van der Waals surface area contributed by atoms with Gasteiger partial charge in [-0.25, -0.2) is 9.37 Å². The van der Waals surface area contributed by atoms with Gasteiger partial charge in [0.2, 0.25) is 0 Å². The summed E-state index contributed by atoms with van der Waals surface area (Å²) in [5.74, 6) is -0.469. The molecule has 0 aliphatic rings. The van der Waals surface area contributed by atoms with Crippen LogP contribution in [0.1, 0.15) is 11.1 Å². The van der Waals surface area contributed by atoms with Crippen LogP contribution in [0.2, 0.25) is 10.0 Å². The molecular formula is C18H14Cl2FN3O. The second-order valence-corrected chi connectivity index (χ2v) is 6.12. The second kappa shape index (κ2) is 8.14. The molecular weight excluding hydrogens is 364 g/mol. The molecule has 0 saturated carbocycles. The summed E-state index contributed by atoms with van der Waals surface area (Å²) in [6.07, 6.45) is 1.08. The van der Waals surface area contributed by atoms with Crippen molar-refractivity contribution in [3.8, 4) is 6.01 Å². The molecule has 1 N–H and O–H groups in total. The van der Waals surface area contributed by atoms with E-state index >= 15 is 0 Å². The lowest BCUT2D eigenvalue weighted by atomic mass is 10.2. The smallest absolute Gasteiger partial charge is 0.318 e. The van der Waals surface area contributed by atoms with Gasteiger partial charge in [-0.1, -0.05) is 47.5 Å². The topological polar surface area (TPSA) is 47.0 Å². The molecule has 7 heteroatoms. The highest BCUT2D eigenvalue weighted by atomic mass is 35.5. The first-order valence-electron chi connectivity index (χ1n) is 7.48. The van der Waals surface area contributed by atoms with E-state index in [9.17, 15) is 4.39 Å². The van der Waals surface area contributed by atoms with E-state index in [2.05, 4.69) is 15.3 Å². The molecule has 1 heterocycles. The first kappa shape index (κ1) is 17.5. The molecule has 2 aromatic carbocycles. The van der Waals surface area contributed by atoms with E-state index in [0.717, 1.165) is 17.3 Å². The fourth-order valence-corrected chi connectivity index (χ4v) is 2.31. The fraction of sp³-hybridized carbons (Fsp3) is 0.111. The average molecular weight is 378 g/mol. The molecule has 0 fully saturated rings. The molecule has 128 valence electrons. The van der Waals surface area contributed by atoms with Crippen molar-refractivity contribution in [1.29, 1.82) is 0 Å². The Morgan fingerprint density at radius 3 is 2.16 bits per heavy atom. The number of halogens is 3. The van der Waals surface area contributed by atoms with Crippen LogP contribution >= 0.6 is 23.2 Å². The Hall–Kier alpha value is -2.37. The minimum absolute atomic E-state index is 0.0797. The van der Waals surface area contributed by atoms with Crippen molar-refractivity contribution >= 4 is 29.0 Å². The van der Waals surface area contributed by atoms with Crippen molar-refractivity contribution in [2.45, 2.75) is 13.2 Å². The van der Waals surface area contributed by atoms with Gasteiger partial charge in [-0.3, -0.25) is 0 Å². The zero-order valence-corrected chi connectivity index (χ0v) is 14.6. The van der Waals surface area contributed by atoms with Gasteiger partial charge in [0.25, 0.3) is 0 Å². The molecule has 0 atom stereocenters. The maximum atomic E-state index is 13.9. The van der Waals surface area contributed by atoms with Crippen molar-refractivity contribution in [1.82, 2.24) is 9.97 Å². The van der Waals surface area contributed by atoms with Gasteiger partial charge in [0.05, 0.1) is 6.20 Å². The minimum Gasteiger partial charge on any atom is -0.459 e. The molecule has 1 aromatic heterocycles.